The number of halogens is 1. The number of para-hydroxylation sites is 2. The van der Waals surface area contributed by atoms with Crippen molar-refractivity contribution in [3.63, 3.8) is 0 Å². The number of hydrogen-bond donors (Lipinski definition) is 1. The van der Waals surface area contributed by atoms with Crippen molar-refractivity contribution in [3.05, 3.63) is 77.9 Å². The molecule has 0 radical (unpaired) electrons. The summed E-state index contributed by atoms with van der Waals surface area (Å²) in [6.07, 6.45) is 21.1. The van der Waals surface area contributed by atoms with E-state index >= 15 is 0 Å². The van der Waals surface area contributed by atoms with Gasteiger partial charge in [-0.3, -0.25) is 9.10 Å². The minimum absolute atomic E-state index is 0.0122. The number of aromatic nitrogens is 1. The Balaban J connectivity index is 1.53. The number of rotatable bonds is 25. The molecule has 1 aliphatic rings. The second-order valence-corrected chi connectivity index (χ2v) is 16.0. The van der Waals surface area contributed by atoms with Gasteiger partial charge in [0, 0.05) is 18.9 Å². The number of carbonyl (C=O) groups is 3. The number of unbranched alkanes of at least 4 members (excludes halogenated alkanes) is 15. The monoisotopic (exact) mass is 794 g/mol. The minimum Gasteiger partial charge on any atom is -0.462 e. The molecule has 0 saturated heterocycles. The predicted molar refractivity (Wildman–Crippen MR) is 217 cm³/mol. The van der Waals surface area contributed by atoms with Crippen molar-refractivity contribution in [2.75, 3.05) is 25.1 Å². The molecule has 0 bridgehead atoms. The maximum atomic E-state index is 14.9. The zero-order chi connectivity index (χ0) is 40.3. The van der Waals surface area contributed by atoms with Gasteiger partial charge in [-0.15, -0.1) is 0 Å². The van der Waals surface area contributed by atoms with Crippen LogP contribution in [0.25, 0.3) is 0 Å². The van der Waals surface area contributed by atoms with Crippen molar-refractivity contribution in [2.24, 2.45) is 4.99 Å². The van der Waals surface area contributed by atoms with Gasteiger partial charge in [-0.2, -0.15) is 0 Å². The van der Waals surface area contributed by atoms with Crippen molar-refractivity contribution in [1.29, 1.82) is 0 Å². The van der Waals surface area contributed by atoms with Gasteiger partial charge in [0.05, 0.1) is 35.7 Å². The van der Waals surface area contributed by atoms with Gasteiger partial charge in [0.15, 0.2) is 11.9 Å². The normalized spacial score (nSPS) is 13.8. The van der Waals surface area contributed by atoms with E-state index in [0.29, 0.717) is 6.42 Å². The summed E-state index contributed by atoms with van der Waals surface area (Å²) in [6.45, 7) is 5.51. The number of amidine groups is 1. The first-order chi connectivity index (χ1) is 27.1. The Morgan fingerprint density at radius 2 is 1.18 bits per heavy atom. The molecular weight excluding hydrogens is 736 g/mol. The van der Waals surface area contributed by atoms with Crippen LogP contribution in [-0.2, 0) is 24.3 Å². The zero-order valence-corrected chi connectivity index (χ0v) is 34.1. The summed E-state index contributed by atoms with van der Waals surface area (Å²) in [5, 5.41) is 2.57. The number of aliphatic imine (C=N–C) groups is 1. The summed E-state index contributed by atoms with van der Waals surface area (Å²) in [5.41, 5.74) is -0.385. The smallest absolute Gasteiger partial charge is 0.340 e. The third-order valence-electron chi connectivity index (χ3n) is 9.90. The summed E-state index contributed by atoms with van der Waals surface area (Å²) < 4.78 is 56.3. The van der Waals surface area contributed by atoms with Gasteiger partial charge in [0.1, 0.15) is 10.7 Å². The van der Waals surface area contributed by atoms with Crippen LogP contribution in [0.15, 0.2) is 70.8 Å². The van der Waals surface area contributed by atoms with Crippen LogP contribution in [0.1, 0.15) is 150 Å². The molecule has 1 amide bonds. The van der Waals surface area contributed by atoms with E-state index in [4.69, 9.17) is 14.5 Å². The van der Waals surface area contributed by atoms with Crippen LogP contribution in [0.3, 0.4) is 0 Å². The lowest BCUT2D eigenvalue weighted by atomic mass is 10.0. The summed E-state index contributed by atoms with van der Waals surface area (Å²) in [7, 11) is -4.22. The largest absolute Gasteiger partial charge is 0.462 e. The quantitative estimate of drug-likeness (QED) is 0.0666. The lowest BCUT2D eigenvalue weighted by Crippen LogP contribution is -2.47. The van der Waals surface area contributed by atoms with Gasteiger partial charge >= 0.3 is 11.9 Å². The van der Waals surface area contributed by atoms with Crippen LogP contribution >= 0.6 is 0 Å². The van der Waals surface area contributed by atoms with Gasteiger partial charge < -0.3 is 19.4 Å². The lowest BCUT2D eigenvalue weighted by molar-refractivity contribution is -0.117. The van der Waals surface area contributed by atoms with E-state index in [9.17, 15) is 27.2 Å². The van der Waals surface area contributed by atoms with Crippen LogP contribution in [0.2, 0.25) is 0 Å². The Morgan fingerprint density at radius 1 is 0.696 bits per heavy atom. The average Bonchev–Trinajstić information content (AvgIpc) is 3.62. The molecule has 2 heterocycles. The van der Waals surface area contributed by atoms with Crippen LogP contribution in [0.5, 0.6) is 0 Å². The molecule has 13 heteroatoms. The molecule has 56 heavy (non-hydrogen) atoms. The molecule has 2 aromatic carbocycles. The van der Waals surface area contributed by atoms with Crippen LogP contribution < -0.4 is 5.32 Å². The molecule has 11 nitrogen and oxygen atoms in total. The molecule has 1 aromatic heterocycles. The molecule has 1 atom stereocenters. The van der Waals surface area contributed by atoms with Gasteiger partial charge in [-0.25, -0.2) is 27.4 Å². The minimum atomic E-state index is -4.22. The van der Waals surface area contributed by atoms with Gasteiger partial charge in [0.25, 0.3) is 15.9 Å². The topological polar surface area (TPSA) is 136 Å². The van der Waals surface area contributed by atoms with E-state index in [-0.39, 0.29) is 53.0 Å². The SMILES string of the molecule is CCCCCCCCCCCCCCCCCCN1C(C(C(=O)Nc2ccccc2F)n2cc(C(=O)OCC)c(C(=O)OCC)c2)=Nc2ccccc2S1(=O)=O. The summed E-state index contributed by atoms with van der Waals surface area (Å²) in [6, 6.07) is 10.2. The number of benzene rings is 2. The van der Waals surface area contributed by atoms with Crippen molar-refractivity contribution < 1.29 is 36.7 Å². The number of hydrogen-bond acceptors (Lipinski definition) is 8. The molecule has 1 unspecified atom stereocenters. The van der Waals surface area contributed by atoms with Crippen molar-refractivity contribution >= 4 is 45.1 Å². The van der Waals surface area contributed by atoms with Gasteiger partial charge in [0.2, 0.25) is 0 Å². The van der Waals surface area contributed by atoms with E-state index in [1.54, 1.807) is 32.0 Å². The Morgan fingerprint density at radius 3 is 1.70 bits per heavy atom. The zero-order valence-electron chi connectivity index (χ0n) is 33.3. The Labute approximate surface area is 332 Å². The Bertz CT molecular complexity index is 1840. The number of ether oxygens (including phenoxy) is 2. The summed E-state index contributed by atoms with van der Waals surface area (Å²) in [5.74, 6) is -3.40. The first-order valence-corrected chi connectivity index (χ1v) is 21.9. The first-order valence-electron chi connectivity index (χ1n) is 20.4. The van der Waals surface area contributed by atoms with E-state index < -0.39 is 39.7 Å². The molecule has 0 fully saturated rings. The molecule has 1 aliphatic heterocycles. The average molecular weight is 795 g/mol. The molecule has 0 saturated carbocycles. The highest BCUT2D eigenvalue weighted by Gasteiger charge is 2.41. The number of nitrogens with zero attached hydrogens (tertiary/aromatic N) is 3. The first kappa shape index (κ1) is 44.2. The second kappa shape index (κ2) is 22.9. The molecular formula is C43H59FN4O7S. The highest BCUT2D eigenvalue weighted by molar-refractivity contribution is 7.90. The fourth-order valence-corrected chi connectivity index (χ4v) is 8.56. The van der Waals surface area contributed by atoms with Crippen molar-refractivity contribution in [3.8, 4) is 0 Å². The lowest BCUT2D eigenvalue weighted by Gasteiger charge is -2.34. The maximum Gasteiger partial charge on any atom is 0.340 e. The van der Waals surface area contributed by atoms with Gasteiger partial charge in [-0.05, 0) is 44.5 Å². The number of fused-ring (bicyclic) bond motifs is 1. The highest BCUT2D eigenvalue weighted by Crippen LogP contribution is 2.36. The van der Waals surface area contributed by atoms with E-state index in [1.807, 2.05) is 0 Å². The third-order valence-corrected chi connectivity index (χ3v) is 11.7. The third kappa shape index (κ3) is 12.2. The number of sulfonamides is 1. The van der Waals surface area contributed by atoms with E-state index in [2.05, 4.69) is 12.2 Å². The Kier molecular flexibility index (Phi) is 18.1. The maximum absolute atomic E-state index is 14.9. The van der Waals surface area contributed by atoms with Crippen LogP contribution in [0, 0.1) is 5.82 Å². The second-order valence-electron chi connectivity index (χ2n) is 14.2. The standard InChI is InChI=1S/C43H59FN4O7S/c1-4-7-8-9-10-11-12-13-14-15-16-17-18-19-20-25-30-48-40(45-37-28-23-24-29-38(37)56(48,52)53)39(41(49)46-36-27-22-21-26-35(36)44)47-31-33(42(50)54-5-2)34(32-47)43(51)55-6-3/h21-24,26-29,31-32,39H,4-20,25,30H2,1-3H3,(H,46,49). The van der Waals surface area contributed by atoms with Gasteiger partial charge in [-0.1, -0.05) is 128 Å². The summed E-state index contributed by atoms with van der Waals surface area (Å²) >= 11 is 0. The number of esters is 2. The molecule has 306 valence electrons. The van der Waals surface area contributed by atoms with Crippen molar-refractivity contribution in [2.45, 2.75) is 134 Å². The number of anilines is 1. The molecule has 0 spiro atoms. The molecule has 3 aromatic rings. The fraction of sp³-hybridized carbons (Fsp3) is 0.535. The van der Waals surface area contributed by atoms with Crippen molar-refractivity contribution in [1.82, 2.24) is 8.87 Å². The molecule has 1 N–H and O–H groups in total. The number of amides is 1. The molecule has 0 aliphatic carbocycles. The predicted octanol–water partition coefficient (Wildman–Crippen LogP) is 10.2. The van der Waals surface area contributed by atoms with E-state index in [1.165, 1.54) is 118 Å². The van der Waals surface area contributed by atoms with E-state index in [0.717, 1.165) is 30.0 Å². The highest BCUT2D eigenvalue weighted by atomic mass is 32.2. The number of carbonyl (C=O) groups excluding carboxylic acids is 3. The summed E-state index contributed by atoms with van der Waals surface area (Å²) in [4.78, 5) is 45.2. The van der Waals surface area contributed by atoms with Crippen LogP contribution in [0.4, 0.5) is 15.8 Å². The Hall–Kier alpha value is -4.52. The fourth-order valence-electron chi connectivity index (χ4n) is 6.94. The van der Waals surface area contributed by atoms with Crippen LogP contribution in [-0.4, -0.2) is 60.7 Å². The number of nitrogens with one attached hydrogen (secondary N) is 1. The molecule has 4 rings (SSSR count).